The average molecular weight is 735 g/mol. The highest BCUT2D eigenvalue weighted by Gasteiger charge is 2.39. The summed E-state index contributed by atoms with van der Waals surface area (Å²) in [5.74, 6) is 0.899. The monoisotopic (exact) mass is 734 g/mol. The summed E-state index contributed by atoms with van der Waals surface area (Å²) in [4.78, 5) is 7.87. The smallest absolute Gasteiger partial charge is 0.134 e. The van der Waals surface area contributed by atoms with Gasteiger partial charge >= 0.3 is 0 Å². The zero-order valence-electron chi connectivity index (χ0n) is 31.3. The summed E-state index contributed by atoms with van der Waals surface area (Å²) in [6.45, 7) is 4.80. The highest BCUT2D eigenvalue weighted by Crippen LogP contribution is 2.56. The van der Waals surface area contributed by atoms with Crippen molar-refractivity contribution in [3.8, 4) is 44.5 Å². The van der Waals surface area contributed by atoms with Crippen molar-refractivity contribution in [2.24, 2.45) is 4.99 Å². The first kappa shape index (κ1) is 33.0. The normalized spacial score (nSPS) is 16.1. The number of hydrogen-bond acceptors (Lipinski definition) is 3. The van der Waals surface area contributed by atoms with Gasteiger partial charge in [-0.05, 0) is 102 Å². The van der Waals surface area contributed by atoms with Crippen molar-refractivity contribution in [2.45, 2.75) is 30.2 Å². The van der Waals surface area contributed by atoms with E-state index in [1.165, 1.54) is 81.8 Å². The van der Waals surface area contributed by atoms with Crippen LogP contribution in [0.2, 0.25) is 0 Å². The SMILES string of the molecule is CC1(C)c2cc(-c3cccc(-c4cccc(C5=NC(c6ccccc6)=C6Sc7ccccc7C6N5)c4)c3)ccc2-c2c(-c3ccccc3)cc3ccccc3c21. The summed E-state index contributed by atoms with van der Waals surface area (Å²) in [7, 11) is 0. The molecule has 266 valence electrons. The molecule has 3 heteroatoms. The zero-order valence-corrected chi connectivity index (χ0v) is 32.1. The van der Waals surface area contributed by atoms with Gasteiger partial charge < -0.3 is 5.32 Å². The number of amidine groups is 1. The van der Waals surface area contributed by atoms with Crippen LogP contribution < -0.4 is 5.32 Å². The van der Waals surface area contributed by atoms with E-state index in [-0.39, 0.29) is 11.5 Å². The van der Waals surface area contributed by atoms with E-state index in [1.54, 1.807) is 0 Å². The van der Waals surface area contributed by atoms with Crippen molar-refractivity contribution in [3.63, 3.8) is 0 Å². The topological polar surface area (TPSA) is 24.4 Å². The van der Waals surface area contributed by atoms with Crippen LogP contribution in [-0.2, 0) is 5.41 Å². The zero-order chi connectivity index (χ0) is 37.4. The Hall–Kier alpha value is -6.42. The predicted molar refractivity (Wildman–Crippen MR) is 236 cm³/mol. The molecule has 1 aliphatic carbocycles. The number of thioether (sulfide) groups is 1. The van der Waals surface area contributed by atoms with Crippen LogP contribution in [0.5, 0.6) is 0 Å². The number of rotatable bonds is 5. The van der Waals surface area contributed by atoms with E-state index in [1.807, 2.05) is 11.8 Å². The van der Waals surface area contributed by atoms with Gasteiger partial charge in [-0.15, -0.1) is 0 Å². The van der Waals surface area contributed by atoms with Crippen molar-refractivity contribution < 1.29 is 0 Å². The van der Waals surface area contributed by atoms with Crippen molar-refractivity contribution in [2.75, 3.05) is 0 Å². The Kier molecular flexibility index (Phi) is 7.55. The summed E-state index contributed by atoms with van der Waals surface area (Å²) in [6.07, 6.45) is 0. The van der Waals surface area contributed by atoms with Crippen LogP contribution in [0, 0.1) is 0 Å². The van der Waals surface area contributed by atoms with Gasteiger partial charge in [-0.2, -0.15) is 0 Å². The van der Waals surface area contributed by atoms with Crippen molar-refractivity contribution in [3.05, 3.63) is 215 Å². The molecule has 2 heterocycles. The highest BCUT2D eigenvalue weighted by atomic mass is 32.2. The summed E-state index contributed by atoms with van der Waals surface area (Å²) < 4.78 is 0. The van der Waals surface area contributed by atoms with Crippen molar-refractivity contribution in [1.29, 1.82) is 0 Å². The van der Waals surface area contributed by atoms with Crippen molar-refractivity contribution >= 4 is 34.1 Å². The third-order valence-electron chi connectivity index (χ3n) is 11.9. The van der Waals surface area contributed by atoms with Gasteiger partial charge in [-0.3, -0.25) is 0 Å². The van der Waals surface area contributed by atoms with E-state index in [4.69, 9.17) is 4.99 Å². The molecule has 0 spiro atoms. The quantitative estimate of drug-likeness (QED) is 0.190. The molecule has 0 amide bonds. The Morgan fingerprint density at radius 3 is 1.89 bits per heavy atom. The van der Waals surface area contributed by atoms with Crippen LogP contribution in [0.1, 0.15) is 47.7 Å². The molecular weight excluding hydrogens is 697 g/mol. The van der Waals surface area contributed by atoms with E-state index >= 15 is 0 Å². The van der Waals surface area contributed by atoms with Gasteiger partial charge in [0.2, 0.25) is 0 Å². The molecule has 1 unspecified atom stereocenters. The Labute approximate surface area is 332 Å². The Balaban J connectivity index is 0.976. The lowest BCUT2D eigenvalue weighted by Gasteiger charge is -2.25. The lowest BCUT2D eigenvalue weighted by atomic mass is 9.78. The first-order chi connectivity index (χ1) is 27.5. The predicted octanol–water partition coefficient (Wildman–Crippen LogP) is 13.7. The van der Waals surface area contributed by atoms with Crippen LogP contribution in [-0.4, -0.2) is 5.84 Å². The van der Waals surface area contributed by atoms with Gasteiger partial charge in [0.05, 0.1) is 11.7 Å². The molecule has 0 aromatic heterocycles. The number of hydrogen-bond donors (Lipinski definition) is 1. The van der Waals surface area contributed by atoms with Gasteiger partial charge in [0.25, 0.3) is 0 Å². The maximum Gasteiger partial charge on any atom is 0.134 e. The molecule has 0 radical (unpaired) electrons. The minimum Gasteiger partial charge on any atom is -0.358 e. The number of nitrogens with zero attached hydrogens (tertiary/aromatic N) is 1. The second-order valence-electron chi connectivity index (χ2n) is 15.6. The van der Waals surface area contributed by atoms with Gasteiger partial charge in [0.1, 0.15) is 5.84 Å². The van der Waals surface area contributed by atoms with E-state index in [0.29, 0.717) is 0 Å². The average Bonchev–Trinajstić information content (AvgIpc) is 3.75. The Morgan fingerprint density at radius 1 is 0.518 bits per heavy atom. The Morgan fingerprint density at radius 2 is 1.12 bits per heavy atom. The molecule has 0 saturated carbocycles. The van der Waals surface area contributed by atoms with Crippen LogP contribution in [0.25, 0.3) is 61.0 Å². The third kappa shape index (κ3) is 5.22. The van der Waals surface area contributed by atoms with E-state index in [2.05, 4.69) is 201 Å². The fourth-order valence-corrected chi connectivity index (χ4v) is 10.4. The fourth-order valence-electron chi connectivity index (χ4n) is 9.19. The Bertz CT molecular complexity index is 2940. The van der Waals surface area contributed by atoms with Gasteiger partial charge in [-0.25, -0.2) is 4.99 Å². The molecule has 8 aromatic carbocycles. The summed E-state index contributed by atoms with van der Waals surface area (Å²) in [5, 5.41) is 6.46. The summed E-state index contributed by atoms with van der Waals surface area (Å²) >= 11 is 1.83. The third-order valence-corrected chi connectivity index (χ3v) is 13.1. The number of fused-ring (bicyclic) bond motifs is 8. The lowest BCUT2D eigenvalue weighted by Crippen LogP contribution is -2.32. The van der Waals surface area contributed by atoms with Crippen LogP contribution in [0.4, 0.5) is 0 Å². The molecule has 0 fully saturated rings. The number of benzene rings is 8. The van der Waals surface area contributed by atoms with Crippen LogP contribution >= 0.6 is 11.8 Å². The van der Waals surface area contributed by atoms with E-state index in [0.717, 1.165) is 22.7 Å². The maximum atomic E-state index is 5.32. The molecule has 0 saturated heterocycles. The molecule has 8 aromatic rings. The number of aliphatic imine (C=N–C) groups is 1. The lowest BCUT2D eigenvalue weighted by molar-refractivity contribution is 0.666. The minimum atomic E-state index is -0.171. The van der Waals surface area contributed by atoms with Crippen LogP contribution in [0.15, 0.2) is 197 Å². The molecular formula is C53H38N2S. The molecule has 11 rings (SSSR count). The molecule has 2 aliphatic heterocycles. The maximum absolute atomic E-state index is 5.32. The fraction of sp³-hybridized carbons (Fsp3) is 0.0755. The standard InChI is InChI=1S/C53H38N2S/c1-53(2)45-32-38(27-28-42(45)47-44(33-15-5-3-6-16-33)31-39-19-9-10-24-41(39)48(47)53)36-21-13-20-35(29-36)37-22-14-23-40(30-37)52-54-49(34-17-7-4-8-18-34)51-50(55-52)43-25-11-12-26-46(43)56-51/h3-32,50H,1-2H3,(H,54,55). The second kappa shape index (κ2) is 12.8. The molecule has 56 heavy (non-hydrogen) atoms. The summed E-state index contributed by atoms with van der Waals surface area (Å²) in [5.41, 5.74) is 17.2. The van der Waals surface area contributed by atoms with Crippen molar-refractivity contribution in [1.82, 2.24) is 5.32 Å². The van der Waals surface area contributed by atoms with E-state index < -0.39 is 0 Å². The minimum absolute atomic E-state index is 0.0721. The van der Waals surface area contributed by atoms with Gasteiger partial charge in [-0.1, -0.05) is 177 Å². The van der Waals surface area contributed by atoms with Gasteiger partial charge in [0.15, 0.2) is 0 Å². The first-order valence-electron chi connectivity index (χ1n) is 19.4. The van der Waals surface area contributed by atoms with E-state index in [9.17, 15) is 0 Å². The molecule has 3 aliphatic rings. The summed E-state index contributed by atoms with van der Waals surface area (Å²) in [6, 6.07) is 66.5. The highest BCUT2D eigenvalue weighted by molar-refractivity contribution is 8.03. The molecule has 0 bridgehead atoms. The largest absolute Gasteiger partial charge is 0.358 e. The van der Waals surface area contributed by atoms with Crippen LogP contribution in [0.3, 0.4) is 0 Å². The number of nitrogens with one attached hydrogen (secondary N) is 1. The molecule has 2 nitrogen and oxygen atoms in total. The molecule has 1 N–H and O–H groups in total. The molecule has 1 atom stereocenters. The first-order valence-corrected chi connectivity index (χ1v) is 20.2. The van der Waals surface area contributed by atoms with Gasteiger partial charge in [0, 0.05) is 26.3 Å². The second-order valence-corrected chi connectivity index (χ2v) is 16.6.